The van der Waals surface area contributed by atoms with Crippen molar-refractivity contribution in [2.24, 2.45) is 0 Å². The van der Waals surface area contributed by atoms with Gasteiger partial charge in [-0.15, -0.1) is 16.4 Å². The average Bonchev–Trinajstić information content (AvgIpc) is 3.25. The van der Waals surface area contributed by atoms with Crippen molar-refractivity contribution in [2.75, 3.05) is 6.61 Å². The van der Waals surface area contributed by atoms with Crippen LogP contribution in [0.2, 0.25) is 0 Å². The Hall–Kier alpha value is -2.87. The predicted molar refractivity (Wildman–Crippen MR) is 101 cm³/mol. The van der Waals surface area contributed by atoms with E-state index in [2.05, 4.69) is 5.10 Å². The number of ether oxygens (including phenoxy) is 1. The molecule has 0 spiro atoms. The van der Waals surface area contributed by atoms with Crippen LogP contribution in [0.15, 0.2) is 51.4 Å². The van der Waals surface area contributed by atoms with Crippen LogP contribution in [0.3, 0.4) is 0 Å². The van der Waals surface area contributed by atoms with Crippen LogP contribution in [0.25, 0.3) is 16.0 Å². The van der Waals surface area contributed by atoms with E-state index in [9.17, 15) is 9.59 Å². The van der Waals surface area contributed by atoms with Gasteiger partial charge in [-0.05, 0) is 30.0 Å². The molecule has 26 heavy (non-hydrogen) atoms. The second kappa shape index (κ2) is 6.80. The van der Waals surface area contributed by atoms with Gasteiger partial charge in [-0.2, -0.15) is 0 Å². The second-order valence-electron chi connectivity index (χ2n) is 5.89. The van der Waals surface area contributed by atoms with Gasteiger partial charge in [0.2, 0.25) is 5.78 Å². The molecule has 0 fully saturated rings. The number of hydrogen-bond donors (Lipinski definition) is 0. The zero-order valence-corrected chi connectivity index (χ0v) is 15.1. The minimum atomic E-state index is -0.259. The highest BCUT2D eigenvalue weighted by Crippen LogP contribution is 2.17. The van der Waals surface area contributed by atoms with Gasteiger partial charge in [-0.1, -0.05) is 25.1 Å². The van der Waals surface area contributed by atoms with Gasteiger partial charge < -0.3 is 4.74 Å². The summed E-state index contributed by atoms with van der Waals surface area (Å²) in [7, 11) is 0. The highest BCUT2D eigenvalue weighted by Gasteiger charge is 2.17. The van der Waals surface area contributed by atoms with Gasteiger partial charge in [0.15, 0.2) is 0 Å². The zero-order chi connectivity index (χ0) is 18.1. The lowest BCUT2D eigenvalue weighted by Crippen LogP contribution is -2.26. The Morgan fingerprint density at radius 3 is 2.69 bits per heavy atom. The van der Waals surface area contributed by atoms with Crippen LogP contribution in [-0.2, 0) is 13.1 Å². The molecule has 0 amide bonds. The van der Waals surface area contributed by atoms with E-state index in [1.807, 2.05) is 42.6 Å². The van der Waals surface area contributed by atoms with E-state index in [4.69, 9.17) is 4.74 Å². The molecule has 0 saturated carbocycles. The van der Waals surface area contributed by atoms with Gasteiger partial charge in [0.25, 0.3) is 5.56 Å². The molecule has 0 radical (unpaired) electrons. The summed E-state index contributed by atoms with van der Waals surface area (Å²) in [6, 6.07) is 11.2. The summed E-state index contributed by atoms with van der Waals surface area (Å²) in [6.07, 6.45) is 0.782. The molecule has 3 aromatic heterocycles. The van der Waals surface area contributed by atoms with Crippen molar-refractivity contribution < 1.29 is 4.74 Å². The number of hydrogen-bond acceptors (Lipinski definition) is 5. The summed E-state index contributed by atoms with van der Waals surface area (Å²) in [5.41, 5.74) is 0.259. The van der Waals surface area contributed by atoms with Crippen molar-refractivity contribution in [1.82, 2.24) is 18.7 Å². The van der Waals surface area contributed by atoms with Gasteiger partial charge in [0, 0.05) is 6.54 Å². The highest BCUT2D eigenvalue weighted by atomic mass is 32.1. The van der Waals surface area contributed by atoms with E-state index in [0.29, 0.717) is 35.7 Å². The van der Waals surface area contributed by atoms with E-state index in [0.717, 1.165) is 12.2 Å². The minimum Gasteiger partial charge on any atom is -0.492 e. The first-order valence-corrected chi connectivity index (χ1v) is 9.36. The Morgan fingerprint density at radius 2 is 1.92 bits per heavy atom. The number of benzene rings is 1. The number of rotatable bonds is 6. The number of aromatic nitrogens is 4. The number of aryl methyl sites for hydroxylation is 1. The van der Waals surface area contributed by atoms with Gasteiger partial charge >= 0.3 is 5.69 Å². The Bertz CT molecular complexity index is 1170. The molecule has 4 rings (SSSR count). The molecular weight excluding hydrogens is 352 g/mol. The molecule has 7 nitrogen and oxygen atoms in total. The smallest absolute Gasteiger partial charge is 0.352 e. The molecule has 1 aromatic carbocycles. The lowest BCUT2D eigenvalue weighted by molar-refractivity contribution is 0.289. The fourth-order valence-corrected chi connectivity index (χ4v) is 3.80. The summed E-state index contributed by atoms with van der Waals surface area (Å²) in [6.45, 7) is 3.14. The maximum absolute atomic E-state index is 12.8. The zero-order valence-electron chi connectivity index (χ0n) is 14.3. The first kappa shape index (κ1) is 16.6. The summed E-state index contributed by atoms with van der Waals surface area (Å²) < 4.78 is 10.7. The third-order valence-electron chi connectivity index (χ3n) is 4.15. The normalized spacial score (nSPS) is 11.4. The molecule has 3 heterocycles. The molecule has 0 N–H and O–H groups in total. The van der Waals surface area contributed by atoms with Crippen molar-refractivity contribution in [2.45, 2.75) is 26.4 Å². The van der Waals surface area contributed by atoms with Crippen molar-refractivity contribution in [1.29, 1.82) is 0 Å². The summed E-state index contributed by atoms with van der Waals surface area (Å²) in [5.74, 6) is 1.12. The molecule has 0 aliphatic carbocycles. The van der Waals surface area contributed by atoms with Crippen molar-refractivity contribution in [3.8, 4) is 5.75 Å². The number of fused-ring (bicyclic) bond motifs is 3. The van der Waals surface area contributed by atoms with Crippen LogP contribution in [0.1, 0.15) is 13.3 Å². The molecule has 0 atom stereocenters. The van der Waals surface area contributed by atoms with E-state index >= 15 is 0 Å². The molecule has 8 heteroatoms. The maximum Gasteiger partial charge on any atom is 0.352 e. The van der Waals surface area contributed by atoms with Gasteiger partial charge in [-0.25, -0.2) is 13.9 Å². The molecule has 0 aliphatic heterocycles. The second-order valence-corrected chi connectivity index (χ2v) is 6.81. The SMILES string of the molecule is CCCn1c(=O)c2sccc2n2c(=O)n(CCOc3ccccc3)nc12. The number of thiophene rings is 1. The Morgan fingerprint density at radius 1 is 1.12 bits per heavy atom. The number of para-hydroxylation sites is 1. The van der Waals surface area contributed by atoms with Crippen LogP contribution in [-0.4, -0.2) is 25.4 Å². The molecule has 0 aliphatic rings. The largest absolute Gasteiger partial charge is 0.492 e. The highest BCUT2D eigenvalue weighted by molar-refractivity contribution is 7.17. The third-order valence-corrected chi connectivity index (χ3v) is 5.04. The fraction of sp³-hybridized carbons (Fsp3) is 0.278. The standard InChI is InChI=1S/C18H18N4O3S/c1-2-9-20-16(23)15-14(8-12-26-15)22-17(20)19-21(18(22)24)10-11-25-13-6-4-3-5-7-13/h3-8,12H,2,9-11H2,1H3. The maximum atomic E-state index is 12.8. The van der Waals surface area contributed by atoms with Gasteiger partial charge in [0.05, 0.1) is 12.1 Å². The fourth-order valence-electron chi connectivity index (χ4n) is 2.97. The van der Waals surface area contributed by atoms with E-state index in [1.165, 1.54) is 20.4 Å². The van der Waals surface area contributed by atoms with Crippen LogP contribution < -0.4 is 16.0 Å². The number of nitrogens with zero attached hydrogens (tertiary/aromatic N) is 4. The van der Waals surface area contributed by atoms with E-state index < -0.39 is 0 Å². The summed E-state index contributed by atoms with van der Waals surface area (Å²) in [4.78, 5) is 25.5. The lowest BCUT2D eigenvalue weighted by Gasteiger charge is -2.05. The Kier molecular flexibility index (Phi) is 4.34. The van der Waals surface area contributed by atoms with E-state index in [1.54, 1.807) is 10.6 Å². The quantitative estimate of drug-likeness (QED) is 0.522. The van der Waals surface area contributed by atoms with Crippen LogP contribution in [0.4, 0.5) is 0 Å². The average molecular weight is 370 g/mol. The topological polar surface area (TPSA) is 70.5 Å². The van der Waals surface area contributed by atoms with Crippen LogP contribution in [0, 0.1) is 0 Å². The molecule has 0 unspecified atom stereocenters. The minimum absolute atomic E-state index is 0.0953. The summed E-state index contributed by atoms with van der Waals surface area (Å²) in [5, 5.41) is 6.23. The third kappa shape index (κ3) is 2.72. The first-order valence-electron chi connectivity index (χ1n) is 8.48. The van der Waals surface area contributed by atoms with Crippen molar-refractivity contribution in [3.05, 3.63) is 62.6 Å². The lowest BCUT2D eigenvalue weighted by atomic mass is 10.3. The van der Waals surface area contributed by atoms with Crippen molar-refractivity contribution in [3.63, 3.8) is 0 Å². The molecule has 0 saturated heterocycles. The Labute approximate surface area is 152 Å². The van der Waals surface area contributed by atoms with Gasteiger partial charge in [-0.3, -0.25) is 9.36 Å². The predicted octanol–water partition coefficient (Wildman–Crippen LogP) is 2.36. The summed E-state index contributed by atoms with van der Waals surface area (Å²) >= 11 is 1.35. The monoisotopic (exact) mass is 370 g/mol. The van der Waals surface area contributed by atoms with Crippen molar-refractivity contribution >= 4 is 27.3 Å². The van der Waals surface area contributed by atoms with Crippen LogP contribution >= 0.6 is 11.3 Å². The van der Waals surface area contributed by atoms with Crippen LogP contribution in [0.5, 0.6) is 5.75 Å². The molecule has 4 aromatic rings. The Balaban J connectivity index is 1.75. The van der Waals surface area contributed by atoms with Gasteiger partial charge in [0.1, 0.15) is 17.1 Å². The molecule has 0 bridgehead atoms. The van der Waals surface area contributed by atoms with E-state index in [-0.39, 0.29) is 11.2 Å². The molecular formula is C18H18N4O3S. The first-order chi connectivity index (χ1) is 12.7. The molecule has 134 valence electrons.